The number of carbonyl (C=O) groups excluding carboxylic acids is 1. The molecule has 0 saturated heterocycles. The number of nitro groups is 1. The quantitative estimate of drug-likeness (QED) is 0.408. The Hall–Kier alpha value is -2.11. The predicted molar refractivity (Wildman–Crippen MR) is 80.4 cm³/mol. The summed E-state index contributed by atoms with van der Waals surface area (Å²) in [6.07, 6.45) is 4.13. The largest absolute Gasteiger partial charge is 0.487 e. The van der Waals surface area contributed by atoms with E-state index in [4.69, 9.17) is 4.74 Å². The zero-order valence-corrected chi connectivity index (χ0v) is 12.3. The fourth-order valence-corrected chi connectivity index (χ4v) is 1.84. The van der Waals surface area contributed by atoms with Crippen LogP contribution < -0.4 is 10.1 Å². The topological polar surface area (TPSA) is 81.5 Å². The van der Waals surface area contributed by atoms with Gasteiger partial charge in [-0.2, -0.15) is 0 Å². The van der Waals surface area contributed by atoms with Crippen molar-refractivity contribution in [1.82, 2.24) is 5.32 Å². The Morgan fingerprint density at radius 2 is 2.05 bits per heavy atom. The monoisotopic (exact) mass is 294 g/mol. The van der Waals surface area contributed by atoms with E-state index in [1.54, 1.807) is 18.2 Å². The molecule has 0 saturated carbocycles. The Morgan fingerprint density at radius 3 is 2.76 bits per heavy atom. The second kappa shape index (κ2) is 9.74. The predicted octanol–water partition coefficient (Wildman–Crippen LogP) is 3.06. The van der Waals surface area contributed by atoms with Crippen LogP contribution in [-0.4, -0.2) is 24.0 Å². The fourth-order valence-electron chi connectivity index (χ4n) is 1.84. The van der Waals surface area contributed by atoms with E-state index in [1.807, 2.05) is 0 Å². The first kappa shape index (κ1) is 16.9. The molecule has 6 nitrogen and oxygen atoms in total. The number of nitrogens with one attached hydrogen (secondary N) is 1. The standard InChI is InChI=1S/C15H22N2O4/c1-2-3-6-11-16-15(18)10-7-12-21-14-9-5-4-8-13(14)17(19)20/h4-5,8-9H,2-3,6-7,10-12H2,1H3,(H,16,18). The van der Waals surface area contributed by atoms with Crippen molar-refractivity contribution in [1.29, 1.82) is 0 Å². The Kier molecular flexibility index (Phi) is 7.86. The number of rotatable bonds is 10. The Balaban J connectivity index is 2.22. The normalized spacial score (nSPS) is 10.1. The van der Waals surface area contributed by atoms with E-state index in [-0.39, 0.29) is 24.0 Å². The van der Waals surface area contributed by atoms with Gasteiger partial charge in [0.25, 0.3) is 0 Å². The van der Waals surface area contributed by atoms with Crippen LogP contribution in [0.2, 0.25) is 0 Å². The lowest BCUT2D eigenvalue weighted by Gasteiger charge is -2.07. The highest BCUT2D eigenvalue weighted by Gasteiger charge is 2.13. The summed E-state index contributed by atoms with van der Waals surface area (Å²) in [5.41, 5.74) is -0.0542. The van der Waals surface area contributed by atoms with Crippen molar-refractivity contribution in [2.24, 2.45) is 0 Å². The lowest BCUT2D eigenvalue weighted by atomic mass is 10.2. The average Bonchev–Trinajstić information content (AvgIpc) is 2.48. The maximum atomic E-state index is 11.5. The minimum atomic E-state index is -0.476. The van der Waals surface area contributed by atoms with Gasteiger partial charge in [-0.1, -0.05) is 31.9 Å². The lowest BCUT2D eigenvalue weighted by Crippen LogP contribution is -2.24. The van der Waals surface area contributed by atoms with E-state index in [2.05, 4.69) is 12.2 Å². The summed E-state index contributed by atoms with van der Waals surface area (Å²) >= 11 is 0. The number of nitro benzene ring substituents is 1. The van der Waals surface area contributed by atoms with Crippen molar-refractivity contribution >= 4 is 11.6 Å². The molecule has 0 radical (unpaired) electrons. The van der Waals surface area contributed by atoms with Gasteiger partial charge in [-0.3, -0.25) is 14.9 Å². The van der Waals surface area contributed by atoms with Crippen LogP contribution in [0.15, 0.2) is 24.3 Å². The summed E-state index contributed by atoms with van der Waals surface area (Å²) in [5, 5.41) is 13.6. The first-order chi connectivity index (χ1) is 10.1. The number of hydrogen-bond acceptors (Lipinski definition) is 4. The molecule has 0 heterocycles. The zero-order chi connectivity index (χ0) is 15.5. The van der Waals surface area contributed by atoms with E-state index in [1.165, 1.54) is 6.07 Å². The van der Waals surface area contributed by atoms with Gasteiger partial charge in [0, 0.05) is 19.0 Å². The second-order valence-corrected chi connectivity index (χ2v) is 4.73. The summed E-state index contributed by atoms with van der Waals surface area (Å²) in [6, 6.07) is 6.23. The smallest absolute Gasteiger partial charge is 0.310 e. The SMILES string of the molecule is CCCCCNC(=O)CCCOc1ccccc1[N+](=O)[O-]. The molecular weight excluding hydrogens is 272 g/mol. The van der Waals surface area contributed by atoms with Crippen molar-refractivity contribution < 1.29 is 14.5 Å². The molecule has 0 aromatic heterocycles. The maximum absolute atomic E-state index is 11.5. The number of hydrogen-bond donors (Lipinski definition) is 1. The maximum Gasteiger partial charge on any atom is 0.310 e. The van der Waals surface area contributed by atoms with Crippen molar-refractivity contribution in [3.63, 3.8) is 0 Å². The van der Waals surface area contributed by atoms with Gasteiger partial charge in [0.1, 0.15) is 0 Å². The van der Waals surface area contributed by atoms with E-state index in [0.29, 0.717) is 19.4 Å². The summed E-state index contributed by atoms with van der Waals surface area (Å²) in [6.45, 7) is 3.10. The minimum Gasteiger partial charge on any atom is -0.487 e. The number of nitrogens with zero attached hydrogens (tertiary/aromatic N) is 1. The molecule has 0 aliphatic carbocycles. The van der Waals surface area contributed by atoms with Gasteiger partial charge in [0.05, 0.1) is 11.5 Å². The van der Waals surface area contributed by atoms with Crippen molar-refractivity contribution in [2.75, 3.05) is 13.2 Å². The highest BCUT2D eigenvalue weighted by Crippen LogP contribution is 2.25. The lowest BCUT2D eigenvalue weighted by molar-refractivity contribution is -0.385. The Bertz CT molecular complexity index is 463. The molecule has 1 rings (SSSR count). The fraction of sp³-hybridized carbons (Fsp3) is 0.533. The molecule has 0 bridgehead atoms. The van der Waals surface area contributed by atoms with E-state index >= 15 is 0 Å². The number of ether oxygens (including phenoxy) is 1. The molecule has 1 aromatic carbocycles. The van der Waals surface area contributed by atoms with Crippen molar-refractivity contribution in [2.45, 2.75) is 39.0 Å². The average molecular weight is 294 g/mol. The number of carbonyl (C=O) groups is 1. The molecule has 21 heavy (non-hydrogen) atoms. The number of amides is 1. The highest BCUT2D eigenvalue weighted by molar-refractivity contribution is 5.75. The number of para-hydroxylation sites is 2. The second-order valence-electron chi connectivity index (χ2n) is 4.73. The van der Waals surface area contributed by atoms with Crippen LogP contribution in [0.1, 0.15) is 39.0 Å². The molecule has 0 atom stereocenters. The third kappa shape index (κ3) is 6.74. The van der Waals surface area contributed by atoms with Gasteiger partial charge in [0.15, 0.2) is 5.75 Å². The van der Waals surface area contributed by atoms with Crippen LogP contribution in [0.5, 0.6) is 5.75 Å². The minimum absolute atomic E-state index is 0.00253. The molecule has 116 valence electrons. The molecule has 6 heteroatoms. The van der Waals surface area contributed by atoms with Gasteiger partial charge < -0.3 is 10.1 Å². The van der Waals surface area contributed by atoms with Crippen LogP contribution in [0, 0.1) is 10.1 Å². The van der Waals surface area contributed by atoms with Crippen LogP contribution in [0.4, 0.5) is 5.69 Å². The van der Waals surface area contributed by atoms with E-state index in [9.17, 15) is 14.9 Å². The zero-order valence-electron chi connectivity index (χ0n) is 12.3. The van der Waals surface area contributed by atoms with Gasteiger partial charge in [-0.15, -0.1) is 0 Å². The Morgan fingerprint density at radius 1 is 1.29 bits per heavy atom. The number of benzene rings is 1. The Labute approximate surface area is 124 Å². The highest BCUT2D eigenvalue weighted by atomic mass is 16.6. The third-order valence-corrected chi connectivity index (χ3v) is 2.97. The van der Waals surface area contributed by atoms with Crippen molar-refractivity contribution in [3.8, 4) is 5.75 Å². The summed E-state index contributed by atoms with van der Waals surface area (Å²) in [5.74, 6) is 0.239. The van der Waals surface area contributed by atoms with Crippen LogP contribution >= 0.6 is 0 Å². The van der Waals surface area contributed by atoms with Gasteiger partial charge in [0.2, 0.25) is 5.91 Å². The van der Waals surface area contributed by atoms with E-state index < -0.39 is 4.92 Å². The van der Waals surface area contributed by atoms with Gasteiger partial charge >= 0.3 is 5.69 Å². The van der Waals surface area contributed by atoms with Crippen LogP contribution in [-0.2, 0) is 4.79 Å². The molecule has 1 amide bonds. The van der Waals surface area contributed by atoms with Crippen LogP contribution in [0.3, 0.4) is 0 Å². The third-order valence-electron chi connectivity index (χ3n) is 2.97. The first-order valence-electron chi connectivity index (χ1n) is 7.28. The molecule has 1 N–H and O–H groups in total. The summed E-state index contributed by atoms with van der Waals surface area (Å²) in [4.78, 5) is 21.8. The molecule has 1 aromatic rings. The molecule has 0 spiro atoms. The summed E-state index contributed by atoms with van der Waals surface area (Å²) < 4.78 is 5.37. The van der Waals surface area contributed by atoms with Crippen LogP contribution in [0.25, 0.3) is 0 Å². The van der Waals surface area contributed by atoms with Gasteiger partial charge in [-0.05, 0) is 18.9 Å². The van der Waals surface area contributed by atoms with E-state index in [0.717, 1.165) is 19.3 Å². The molecular formula is C15H22N2O4. The van der Waals surface area contributed by atoms with Gasteiger partial charge in [-0.25, -0.2) is 0 Å². The molecule has 0 aliphatic rings. The molecule has 0 unspecified atom stereocenters. The molecule has 0 aliphatic heterocycles. The summed E-state index contributed by atoms with van der Waals surface area (Å²) in [7, 11) is 0. The molecule has 0 fully saturated rings. The number of unbranched alkanes of at least 4 members (excludes halogenated alkanes) is 2. The van der Waals surface area contributed by atoms with Crippen molar-refractivity contribution in [3.05, 3.63) is 34.4 Å². The first-order valence-corrected chi connectivity index (χ1v) is 7.28.